The van der Waals surface area contributed by atoms with Crippen molar-refractivity contribution in [2.75, 3.05) is 39.6 Å². The lowest BCUT2D eigenvalue weighted by Gasteiger charge is -2.21. The third kappa shape index (κ3) is 49.6. The lowest BCUT2D eigenvalue weighted by molar-refractivity contribution is -0.161. The number of carbonyl (C=O) groups is 4. The van der Waals surface area contributed by atoms with Gasteiger partial charge >= 0.3 is 39.5 Å². The number of unbranched alkanes of at least 4 members (excludes halogenated alkanes) is 30. The summed E-state index contributed by atoms with van der Waals surface area (Å²) < 4.78 is 67.2. The SMILES string of the molecule is CCCCCCCCCCCCCCCCCC(=O)OC[C@H](COP(=O)(O)OC[C@H](O)COP(=O)(O)OC[C@@H](COC(=O)CCCCCCC)OC(=O)CCCCCCCCCC)OC(=O)CCCCCCCC. The molecule has 0 aromatic carbocycles. The van der Waals surface area contributed by atoms with Gasteiger partial charge in [0.25, 0.3) is 0 Å². The van der Waals surface area contributed by atoms with E-state index < -0.39 is 97.5 Å². The monoisotopic (exact) mass is 1100 g/mol. The Morgan fingerprint density at radius 1 is 0.324 bits per heavy atom. The van der Waals surface area contributed by atoms with Crippen LogP contribution < -0.4 is 0 Å². The fourth-order valence-corrected chi connectivity index (χ4v) is 9.62. The highest BCUT2D eigenvalue weighted by molar-refractivity contribution is 7.47. The third-order valence-corrected chi connectivity index (χ3v) is 14.5. The molecule has 0 heterocycles. The van der Waals surface area contributed by atoms with Crippen LogP contribution in [0.1, 0.15) is 272 Å². The van der Waals surface area contributed by atoms with E-state index in [0.29, 0.717) is 25.7 Å². The van der Waals surface area contributed by atoms with Crippen molar-refractivity contribution in [1.82, 2.24) is 0 Å². The molecule has 2 unspecified atom stereocenters. The van der Waals surface area contributed by atoms with E-state index in [2.05, 4.69) is 27.7 Å². The Labute approximate surface area is 447 Å². The maximum atomic E-state index is 12.8. The topological polar surface area (TPSA) is 237 Å². The first-order valence-corrected chi connectivity index (χ1v) is 32.3. The summed E-state index contributed by atoms with van der Waals surface area (Å²) in [6.45, 7) is 4.65. The van der Waals surface area contributed by atoms with Crippen molar-refractivity contribution >= 4 is 39.5 Å². The number of esters is 4. The zero-order valence-corrected chi connectivity index (χ0v) is 48.6. The molecule has 0 aromatic heterocycles. The van der Waals surface area contributed by atoms with Gasteiger partial charge in [-0.15, -0.1) is 0 Å². The smallest absolute Gasteiger partial charge is 0.462 e. The first kappa shape index (κ1) is 72.1. The molecule has 74 heavy (non-hydrogen) atoms. The number of phosphoric acid groups is 2. The normalized spacial score (nSPS) is 14.4. The average Bonchev–Trinajstić information content (AvgIpc) is 3.37. The van der Waals surface area contributed by atoms with Crippen LogP contribution in [-0.4, -0.2) is 96.7 Å². The van der Waals surface area contributed by atoms with Crippen molar-refractivity contribution in [3.8, 4) is 0 Å². The number of phosphoric ester groups is 2. The molecule has 438 valence electrons. The minimum absolute atomic E-state index is 0.103. The lowest BCUT2D eigenvalue weighted by atomic mass is 10.0. The zero-order chi connectivity index (χ0) is 54.8. The van der Waals surface area contributed by atoms with Crippen LogP contribution in [0, 0.1) is 0 Å². The van der Waals surface area contributed by atoms with E-state index in [1.807, 2.05) is 0 Å². The first-order valence-electron chi connectivity index (χ1n) is 29.3. The van der Waals surface area contributed by atoms with Crippen molar-refractivity contribution in [3.05, 3.63) is 0 Å². The molecular weight excluding hydrogens is 995 g/mol. The molecule has 5 atom stereocenters. The second-order valence-corrected chi connectivity index (χ2v) is 22.9. The van der Waals surface area contributed by atoms with Gasteiger partial charge in [-0.25, -0.2) is 9.13 Å². The number of carbonyl (C=O) groups excluding carboxylic acids is 4. The molecular formula is C55H106O17P2. The Morgan fingerprint density at radius 3 is 0.797 bits per heavy atom. The van der Waals surface area contributed by atoms with Crippen molar-refractivity contribution < 1.29 is 80.2 Å². The predicted molar refractivity (Wildman–Crippen MR) is 289 cm³/mol. The standard InChI is InChI=1S/C55H106O17P2/c1-5-9-13-17-20-22-23-24-25-26-27-28-30-33-36-40-53(58)66-46-51(71-54(59)41-37-32-19-15-11-7-3)48-70-74(63,64)68-44-49(56)43-67-73(61,62)69-47-50(45-65-52(57)39-35-31-16-12-8-4)72-55(60)42-38-34-29-21-18-14-10-6-2/h49-51,56H,5-48H2,1-4H3,(H,61,62)(H,63,64)/t49-,50-,51-/m1/s1. The van der Waals surface area contributed by atoms with Gasteiger partial charge in [0.1, 0.15) is 19.3 Å². The minimum atomic E-state index is -4.93. The Balaban J connectivity index is 5.04. The Hall–Kier alpha value is -1.94. The molecule has 0 saturated carbocycles. The van der Waals surface area contributed by atoms with Crippen LogP contribution in [0.4, 0.5) is 0 Å². The summed E-state index contributed by atoms with van der Waals surface area (Å²) in [5.74, 6) is -2.17. The van der Waals surface area contributed by atoms with E-state index in [4.69, 9.17) is 37.0 Å². The van der Waals surface area contributed by atoms with Gasteiger partial charge < -0.3 is 33.8 Å². The van der Waals surface area contributed by atoms with Gasteiger partial charge in [-0.1, -0.05) is 220 Å². The molecule has 0 bridgehead atoms. The van der Waals surface area contributed by atoms with Crippen LogP contribution in [0.15, 0.2) is 0 Å². The molecule has 3 N–H and O–H groups in total. The molecule has 0 aliphatic heterocycles. The van der Waals surface area contributed by atoms with Gasteiger partial charge in [0.15, 0.2) is 12.2 Å². The number of hydrogen-bond donors (Lipinski definition) is 3. The highest BCUT2D eigenvalue weighted by atomic mass is 31.2. The van der Waals surface area contributed by atoms with Gasteiger partial charge in [-0.05, 0) is 25.7 Å². The Bertz CT molecular complexity index is 1450. The van der Waals surface area contributed by atoms with E-state index in [1.165, 1.54) is 83.5 Å². The molecule has 0 saturated heterocycles. The van der Waals surface area contributed by atoms with E-state index in [9.17, 15) is 43.2 Å². The summed E-state index contributed by atoms with van der Waals surface area (Å²) in [5.41, 5.74) is 0. The molecule has 17 nitrogen and oxygen atoms in total. The highest BCUT2D eigenvalue weighted by Crippen LogP contribution is 2.45. The fraction of sp³-hybridized carbons (Fsp3) is 0.927. The van der Waals surface area contributed by atoms with E-state index in [1.54, 1.807) is 0 Å². The maximum absolute atomic E-state index is 12.8. The molecule has 0 spiro atoms. The van der Waals surface area contributed by atoms with Gasteiger partial charge in [0.05, 0.1) is 26.4 Å². The molecule has 0 aliphatic carbocycles. The molecule has 0 aromatic rings. The second kappa shape index (κ2) is 50.6. The minimum Gasteiger partial charge on any atom is -0.462 e. The van der Waals surface area contributed by atoms with Gasteiger partial charge in [0, 0.05) is 25.7 Å². The van der Waals surface area contributed by atoms with Crippen LogP contribution in [0.25, 0.3) is 0 Å². The van der Waals surface area contributed by atoms with Crippen molar-refractivity contribution in [2.45, 2.75) is 290 Å². The number of aliphatic hydroxyl groups is 1. The summed E-state index contributed by atoms with van der Waals surface area (Å²) in [4.78, 5) is 71.3. The van der Waals surface area contributed by atoms with E-state index in [0.717, 1.165) is 109 Å². The Morgan fingerprint density at radius 2 is 0.541 bits per heavy atom. The van der Waals surface area contributed by atoms with Gasteiger partial charge in [-0.3, -0.25) is 37.3 Å². The molecule has 19 heteroatoms. The molecule has 0 rings (SSSR count). The van der Waals surface area contributed by atoms with E-state index in [-0.39, 0.29) is 25.7 Å². The van der Waals surface area contributed by atoms with Crippen molar-refractivity contribution in [1.29, 1.82) is 0 Å². The largest absolute Gasteiger partial charge is 0.472 e. The van der Waals surface area contributed by atoms with Crippen molar-refractivity contribution in [2.24, 2.45) is 0 Å². The molecule has 0 fully saturated rings. The molecule has 0 radical (unpaired) electrons. The number of hydrogen-bond acceptors (Lipinski definition) is 15. The second-order valence-electron chi connectivity index (χ2n) is 20.0. The van der Waals surface area contributed by atoms with Crippen LogP contribution in [0.5, 0.6) is 0 Å². The number of aliphatic hydroxyl groups excluding tert-OH is 1. The maximum Gasteiger partial charge on any atom is 0.472 e. The van der Waals surface area contributed by atoms with Gasteiger partial charge in [-0.2, -0.15) is 0 Å². The summed E-state index contributed by atoms with van der Waals surface area (Å²) in [7, 11) is -9.85. The average molecular weight is 1100 g/mol. The van der Waals surface area contributed by atoms with Crippen LogP contribution >= 0.6 is 15.6 Å². The molecule has 0 amide bonds. The van der Waals surface area contributed by atoms with Crippen molar-refractivity contribution in [3.63, 3.8) is 0 Å². The summed E-state index contributed by atoms with van der Waals surface area (Å²) in [5, 5.41) is 10.4. The summed E-state index contributed by atoms with van der Waals surface area (Å²) in [6, 6.07) is 0. The lowest BCUT2D eigenvalue weighted by Crippen LogP contribution is -2.30. The fourth-order valence-electron chi connectivity index (χ4n) is 8.04. The van der Waals surface area contributed by atoms with E-state index >= 15 is 0 Å². The quantitative estimate of drug-likeness (QED) is 0.0222. The highest BCUT2D eigenvalue weighted by Gasteiger charge is 2.30. The number of ether oxygens (including phenoxy) is 4. The zero-order valence-electron chi connectivity index (χ0n) is 46.8. The summed E-state index contributed by atoms with van der Waals surface area (Å²) in [6.07, 6.45) is 32.8. The predicted octanol–water partition coefficient (Wildman–Crippen LogP) is 14.4. The third-order valence-electron chi connectivity index (χ3n) is 12.6. The summed E-state index contributed by atoms with van der Waals surface area (Å²) >= 11 is 0. The Kier molecular flexibility index (Phi) is 49.2. The van der Waals surface area contributed by atoms with Crippen LogP contribution in [0.2, 0.25) is 0 Å². The first-order chi connectivity index (χ1) is 35.7. The van der Waals surface area contributed by atoms with Crippen LogP contribution in [-0.2, 0) is 65.4 Å². The number of rotatable bonds is 56. The van der Waals surface area contributed by atoms with Gasteiger partial charge in [0.2, 0.25) is 0 Å². The molecule has 0 aliphatic rings. The van der Waals surface area contributed by atoms with Crippen LogP contribution in [0.3, 0.4) is 0 Å².